The fourth-order valence-corrected chi connectivity index (χ4v) is 2.84. The second kappa shape index (κ2) is 8.23. The zero-order valence-electron chi connectivity index (χ0n) is 13.6. The fraction of sp³-hybridized carbons (Fsp3) is 0.444. The number of hydrogen-bond donors (Lipinski definition) is 2. The van der Waals surface area contributed by atoms with Crippen LogP contribution in [0.15, 0.2) is 36.0 Å². The number of nitrogens with one attached hydrogen (secondary N) is 2. The second-order valence-electron chi connectivity index (χ2n) is 5.86. The Labute approximate surface area is 137 Å². The Hall–Kier alpha value is -2.48. The number of amides is 1. The zero-order valence-corrected chi connectivity index (χ0v) is 13.6. The molecule has 2 rings (SSSR count). The van der Waals surface area contributed by atoms with Gasteiger partial charge in [-0.3, -0.25) is 4.79 Å². The van der Waals surface area contributed by atoms with Crippen molar-refractivity contribution in [3.05, 3.63) is 36.0 Å². The number of nitriles is 1. The zero-order chi connectivity index (χ0) is 16.7. The molecular formula is C18H23N3O2. The van der Waals surface area contributed by atoms with Crippen LogP contribution >= 0.6 is 0 Å². The molecule has 0 saturated heterocycles. The van der Waals surface area contributed by atoms with Gasteiger partial charge in [-0.25, -0.2) is 0 Å². The van der Waals surface area contributed by atoms with Crippen LogP contribution in [0, 0.1) is 17.2 Å². The van der Waals surface area contributed by atoms with Gasteiger partial charge in [0.1, 0.15) is 17.4 Å². The van der Waals surface area contributed by atoms with Crippen molar-refractivity contribution in [2.75, 3.05) is 12.4 Å². The summed E-state index contributed by atoms with van der Waals surface area (Å²) < 4.78 is 5.20. The first-order valence-corrected chi connectivity index (χ1v) is 7.96. The number of carbonyl (C=O) groups excluding carboxylic acids is 1. The van der Waals surface area contributed by atoms with Gasteiger partial charge in [0, 0.05) is 12.2 Å². The molecule has 0 bridgehead atoms. The molecule has 0 heterocycles. The molecule has 1 aliphatic rings. The molecule has 2 unspecified atom stereocenters. The predicted molar refractivity (Wildman–Crippen MR) is 89.9 cm³/mol. The minimum atomic E-state index is -0.437. The number of para-hydroxylation sites is 2. The summed E-state index contributed by atoms with van der Waals surface area (Å²) in [5, 5.41) is 15.2. The van der Waals surface area contributed by atoms with E-state index in [0.717, 1.165) is 6.42 Å². The van der Waals surface area contributed by atoms with Crippen LogP contribution in [0.3, 0.4) is 0 Å². The first-order chi connectivity index (χ1) is 11.2. The largest absolute Gasteiger partial charge is 0.495 e. The molecule has 1 aliphatic carbocycles. The maximum atomic E-state index is 12.3. The lowest BCUT2D eigenvalue weighted by molar-refractivity contribution is -0.112. The van der Waals surface area contributed by atoms with Gasteiger partial charge in [-0.1, -0.05) is 31.9 Å². The van der Waals surface area contributed by atoms with Crippen LogP contribution in [0.4, 0.5) is 5.69 Å². The summed E-state index contributed by atoms with van der Waals surface area (Å²) in [7, 11) is 1.54. The van der Waals surface area contributed by atoms with E-state index in [9.17, 15) is 10.1 Å². The summed E-state index contributed by atoms with van der Waals surface area (Å²) >= 11 is 0. The van der Waals surface area contributed by atoms with Gasteiger partial charge in [-0.15, -0.1) is 0 Å². The van der Waals surface area contributed by atoms with Crippen molar-refractivity contribution in [1.29, 1.82) is 5.26 Å². The summed E-state index contributed by atoms with van der Waals surface area (Å²) in [6.45, 7) is 2.20. The van der Waals surface area contributed by atoms with Crippen molar-refractivity contribution in [3.63, 3.8) is 0 Å². The summed E-state index contributed by atoms with van der Waals surface area (Å²) in [5.74, 6) is 0.678. The van der Waals surface area contributed by atoms with Crippen LogP contribution in [-0.4, -0.2) is 19.1 Å². The number of benzene rings is 1. The molecule has 0 aliphatic heterocycles. The Bertz CT molecular complexity index is 619. The molecule has 0 spiro atoms. The van der Waals surface area contributed by atoms with E-state index in [2.05, 4.69) is 17.6 Å². The molecule has 5 heteroatoms. The monoisotopic (exact) mass is 313 g/mol. The average Bonchev–Trinajstić information content (AvgIpc) is 2.57. The summed E-state index contributed by atoms with van der Waals surface area (Å²) in [6, 6.07) is 9.40. The minimum Gasteiger partial charge on any atom is -0.495 e. The summed E-state index contributed by atoms with van der Waals surface area (Å²) in [6.07, 6.45) is 6.23. The lowest BCUT2D eigenvalue weighted by atomic mass is 9.86. The Balaban J connectivity index is 2.03. The highest BCUT2D eigenvalue weighted by Gasteiger charge is 2.20. The lowest BCUT2D eigenvalue weighted by Crippen LogP contribution is -2.34. The molecule has 2 atom stereocenters. The van der Waals surface area contributed by atoms with Crippen molar-refractivity contribution in [2.45, 2.75) is 38.6 Å². The number of carbonyl (C=O) groups is 1. The molecular weight excluding hydrogens is 290 g/mol. The van der Waals surface area contributed by atoms with E-state index < -0.39 is 5.91 Å². The van der Waals surface area contributed by atoms with Gasteiger partial charge in [0.25, 0.3) is 5.91 Å². The third kappa shape index (κ3) is 4.49. The number of methoxy groups -OCH3 is 1. The fourth-order valence-electron chi connectivity index (χ4n) is 2.84. The van der Waals surface area contributed by atoms with Gasteiger partial charge >= 0.3 is 0 Å². The highest BCUT2D eigenvalue weighted by molar-refractivity contribution is 6.07. The summed E-state index contributed by atoms with van der Waals surface area (Å²) in [5.41, 5.74) is 0.612. The van der Waals surface area contributed by atoms with Crippen LogP contribution in [0.1, 0.15) is 32.6 Å². The van der Waals surface area contributed by atoms with Crippen LogP contribution < -0.4 is 15.4 Å². The molecule has 122 valence electrons. The van der Waals surface area contributed by atoms with Gasteiger partial charge in [0.15, 0.2) is 0 Å². The third-order valence-corrected chi connectivity index (χ3v) is 4.27. The molecule has 2 N–H and O–H groups in total. The molecule has 1 fully saturated rings. The number of hydrogen-bond acceptors (Lipinski definition) is 4. The Morgan fingerprint density at radius 3 is 2.78 bits per heavy atom. The van der Waals surface area contributed by atoms with Crippen molar-refractivity contribution in [3.8, 4) is 11.8 Å². The number of rotatable bonds is 5. The first kappa shape index (κ1) is 16.9. The van der Waals surface area contributed by atoms with Gasteiger partial charge in [0.05, 0.1) is 12.8 Å². The SMILES string of the molecule is COc1ccccc1NC(=O)/C(C#N)=C\NC1CCCCC1C. The summed E-state index contributed by atoms with van der Waals surface area (Å²) in [4.78, 5) is 12.3. The van der Waals surface area contributed by atoms with E-state index in [1.165, 1.54) is 32.6 Å². The Morgan fingerprint density at radius 2 is 2.09 bits per heavy atom. The van der Waals surface area contributed by atoms with E-state index in [1.807, 2.05) is 12.1 Å². The van der Waals surface area contributed by atoms with Crippen molar-refractivity contribution in [2.24, 2.45) is 5.92 Å². The van der Waals surface area contributed by atoms with Crippen LogP contribution in [0.2, 0.25) is 0 Å². The smallest absolute Gasteiger partial charge is 0.267 e. The molecule has 0 radical (unpaired) electrons. The van der Waals surface area contributed by atoms with Crippen molar-refractivity contribution in [1.82, 2.24) is 5.32 Å². The van der Waals surface area contributed by atoms with Crippen molar-refractivity contribution < 1.29 is 9.53 Å². The highest BCUT2D eigenvalue weighted by atomic mass is 16.5. The first-order valence-electron chi connectivity index (χ1n) is 7.96. The van der Waals surface area contributed by atoms with E-state index in [0.29, 0.717) is 23.4 Å². The molecule has 1 aromatic carbocycles. The van der Waals surface area contributed by atoms with Crippen LogP contribution in [0.5, 0.6) is 5.75 Å². The van der Waals surface area contributed by atoms with Crippen LogP contribution in [0.25, 0.3) is 0 Å². The third-order valence-electron chi connectivity index (χ3n) is 4.27. The van der Waals surface area contributed by atoms with Crippen LogP contribution in [-0.2, 0) is 4.79 Å². The standard InChI is InChI=1S/C18H23N3O2/c1-13-7-3-4-8-15(13)20-12-14(11-19)18(22)21-16-9-5-6-10-17(16)23-2/h5-6,9-10,12-13,15,20H,3-4,7-8H2,1-2H3,(H,21,22)/b14-12-. The maximum Gasteiger partial charge on any atom is 0.267 e. The molecule has 0 aromatic heterocycles. The quantitative estimate of drug-likeness (QED) is 0.646. The van der Waals surface area contributed by atoms with E-state index in [-0.39, 0.29) is 5.57 Å². The minimum absolute atomic E-state index is 0.0636. The van der Waals surface area contributed by atoms with Gasteiger partial charge in [-0.2, -0.15) is 5.26 Å². The molecule has 23 heavy (non-hydrogen) atoms. The van der Waals surface area contributed by atoms with Crippen molar-refractivity contribution >= 4 is 11.6 Å². The molecule has 5 nitrogen and oxygen atoms in total. The number of anilines is 1. The predicted octanol–water partition coefficient (Wildman–Crippen LogP) is 3.21. The Kier molecular flexibility index (Phi) is 6.04. The average molecular weight is 313 g/mol. The molecule has 1 saturated carbocycles. The highest BCUT2D eigenvalue weighted by Crippen LogP contribution is 2.25. The number of ether oxygens (including phenoxy) is 1. The van der Waals surface area contributed by atoms with Gasteiger partial charge in [-0.05, 0) is 30.9 Å². The molecule has 1 aromatic rings. The topological polar surface area (TPSA) is 74.1 Å². The molecule has 1 amide bonds. The lowest BCUT2D eigenvalue weighted by Gasteiger charge is -2.29. The normalized spacial score (nSPS) is 21.2. The Morgan fingerprint density at radius 1 is 1.35 bits per heavy atom. The van der Waals surface area contributed by atoms with E-state index in [4.69, 9.17) is 4.74 Å². The van der Waals surface area contributed by atoms with Gasteiger partial charge in [0.2, 0.25) is 0 Å². The van der Waals surface area contributed by atoms with E-state index in [1.54, 1.807) is 18.2 Å². The van der Waals surface area contributed by atoms with Gasteiger partial charge < -0.3 is 15.4 Å². The second-order valence-corrected chi connectivity index (χ2v) is 5.86. The maximum absolute atomic E-state index is 12.3. The van der Waals surface area contributed by atoms with E-state index >= 15 is 0 Å². The number of nitrogens with zero attached hydrogens (tertiary/aromatic N) is 1.